The van der Waals surface area contributed by atoms with Crippen LogP contribution in [0.3, 0.4) is 0 Å². The third kappa shape index (κ3) is 2.31. The monoisotopic (exact) mass is 318 g/mol. The highest BCUT2D eigenvalue weighted by atomic mass is 16.5. The Hall–Kier alpha value is -2.29. The molecule has 2 saturated carbocycles. The van der Waals surface area contributed by atoms with Crippen LogP contribution in [-0.4, -0.2) is 18.7 Å². The van der Waals surface area contributed by atoms with Crippen molar-refractivity contribution in [1.29, 1.82) is 0 Å². The highest BCUT2D eigenvalue weighted by molar-refractivity contribution is 5.89. The van der Waals surface area contributed by atoms with E-state index < -0.39 is 0 Å². The molecule has 3 heteroatoms. The molecule has 3 aliphatic rings. The Morgan fingerprint density at radius 3 is 2.42 bits per heavy atom. The van der Waals surface area contributed by atoms with E-state index in [1.807, 2.05) is 30.3 Å². The zero-order valence-corrected chi connectivity index (χ0v) is 13.6. The lowest BCUT2D eigenvalue weighted by molar-refractivity contribution is 0.132. The van der Waals surface area contributed by atoms with Gasteiger partial charge in [-0.1, -0.05) is 48.5 Å². The Morgan fingerprint density at radius 1 is 0.875 bits per heavy atom. The number of aliphatic imine (C=N–C) groups is 1. The van der Waals surface area contributed by atoms with Crippen LogP contribution in [0.1, 0.15) is 24.3 Å². The smallest absolute Gasteiger partial charge is 0.289 e. The number of fused-ring (bicyclic) bond motifs is 5. The second-order valence-corrected chi connectivity index (χ2v) is 7.30. The summed E-state index contributed by atoms with van der Waals surface area (Å²) < 4.78 is 5.97. The SMILES string of the molecule is c1ccc(NC2=NC3C4CC(c5ccccc5)C(C4)C3CO2)cc1. The van der Waals surface area contributed by atoms with Gasteiger partial charge in [0.15, 0.2) is 0 Å². The summed E-state index contributed by atoms with van der Waals surface area (Å²) >= 11 is 0. The average molecular weight is 318 g/mol. The molecule has 2 aliphatic carbocycles. The summed E-state index contributed by atoms with van der Waals surface area (Å²) in [6.07, 6.45) is 2.58. The molecule has 0 radical (unpaired) electrons. The molecule has 2 fully saturated rings. The van der Waals surface area contributed by atoms with Gasteiger partial charge >= 0.3 is 0 Å². The first-order valence-corrected chi connectivity index (χ1v) is 8.96. The van der Waals surface area contributed by atoms with Crippen molar-refractivity contribution in [3.05, 3.63) is 66.2 Å². The number of benzene rings is 2. The first-order chi connectivity index (χ1) is 11.9. The molecule has 5 rings (SSSR count). The molecule has 3 nitrogen and oxygen atoms in total. The van der Waals surface area contributed by atoms with Crippen molar-refractivity contribution in [2.45, 2.75) is 24.8 Å². The fourth-order valence-electron chi connectivity index (χ4n) is 5.03. The molecule has 5 unspecified atom stereocenters. The van der Waals surface area contributed by atoms with Crippen molar-refractivity contribution in [2.24, 2.45) is 22.7 Å². The fourth-order valence-corrected chi connectivity index (χ4v) is 5.03. The summed E-state index contributed by atoms with van der Waals surface area (Å²) in [6.45, 7) is 0.799. The van der Waals surface area contributed by atoms with Gasteiger partial charge in [0.05, 0.1) is 12.6 Å². The van der Waals surface area contributed by atoms with E-state index in [4.69, 9.17) is 9.73 Å². The zero-order valence-electron chi connectivity index (χ0n) is 13.6. The largest absolute Gasteiger partial charge is 0.465 e. The van der Waals surface area contributed by atoms with Gasteiger partial charge < -0.3 is 10.1 Å². The molecule has 2 bridgehead atoms. The molecule has 1 N–H and O–H groups in total. The van der Waals surface area contributed by atoms with Gasteiger partial charge in [0.25, 0.3) is 6.02 Å². The summed E-state index contributed by atoms with van der Waals surface area (Å²) in [7, 11) is 0. The third-order valence-electron chi connectivity index (χ3n) is 6.05. The lowest BCUT2D eigenvalue weighted by Crippen LogP contribution is -2.40. The number of ether oxygens (including phenoxy) is 1. The first-order valence-electron chi connectivity index (χ1n) is 8.96. The van der Waals surface area contributed by atoms with Gasteiger partial charge in [0, 0.05) is 11.6 Å². The Bertz CT molecular complexity index is 743. The van der Waals surface area contributed by atoms with Gasteiger partial charge in [0.1, 0.15) is 0 Å². The molecule has 0 amide bonds. The van der Waals surface area contributed by atoms with Crippen molar-refractivity contribution < 1.29 is 4.74 Å². The maximum atomic E-state index is 5.97. The molecule has 122 valence electrons. The molecule has 1 aliphatic heterocycles. The molecule has 24 heavy (non-hydrogen) atoms. The third-order valence-corrected chi connectivity index (χ3v) is 6.05. The molecule has 2 aromatic carbocycles. The summed E-state index contributed by atoms with van der Waals surface area (Å²) in [5.41, 5.74) is 2.54. The summed E-state index contributed by atoms with van der Waals surface area (Å²) in [4.78, 5) is 4.93. The highest BCUT2D eigenvalue weighted by Crippen LogP contribution is 2.57. The minimum absolute atomic E-state index is 0.440. The molecule has 0 saturated heterocycles. The number of rotatable bonds is 2. The van der Waals surface area contributed by atoms with Crippen LogP contribution >= 0.6 is 0 Å². The van der Waals surface area contributed by atoms with Crippen LogP contribution in [0.15, 0.2) is 65.7 Å². The Kier molecular flexibility index (Phi) is 3.32. The molecular formula is C21H22N2O. The van der Waals surface area contributed by atoms with Gasteiger partial charge in [-0.25, -0.2) is 4.99 Å². The van der Waals surface area contributed by atoms with Crippen LogP contribution in [0.5, 0.6) is 0 Å². The lowest BCUT2D eigenvalue weighted by atomic mass is 9.75. The Labute approximate surface area is 142 Å². The molecule has 1 heterocycles. The predicted molar refractivity (Wildman–Crippen MR) is 96.1 cm³/mol. The minimum atomic E-state index is 0.440. The van der Waals surface area contributed by atoms with Crippen LogP contribution < -0.4 is 5.32 Å². The van der Waals surface area contributed by atoms with Gasteiger partial charge in [0.2, 0.25) is 0 Å². The van der Waals surface area contributed by atoms with Gasteiger partial charge in [-0.2, -0.15) is 0 Å². The second-order valence-electron chi connectivity index (χ2n) is 7.30. The van der Waals surface area contributed by atoms with Crippen molar-refractivity contribution in [3.8, 4) is 0 Å². The molecule has 0 spiro atoms. The maximum Gasteiger partial charge on any atom is 0.289 e. The van der Waals surface area contributed by atoms with E-state index in [2.05, 4.69) is 35.6 Å². The van der Waals surface area contributed by atoms with E-state index in [1.54, 1.807) is 0 Å². The van der Waals surface area contributed by atoms with Crippen molar-refractivity contribution in [2.75, 3.05) is 11.9 Å². The lowest BCUT2D eigenvalue weighted by Gasteiger charge is -2.37. The maximum absolute atomic E-state index is 5.97. The number of hydrogen-bond donors (Lipinski definition) is 1. The predicted octanol–water partition coefficient (Wildman–Crippen LogP) is 4.29. The van der Waals surface area contributed by atoms with Gasteiger partial charge in [-0.3, -0.25) is 0 Å². The molecule has 0 aromatic heterocycles. The number of para-hydroxylation sites is 1. The van der Waals surface area contributed by atoms with Crippen LogP contribution in [-0.2, 0) is 4.74 Å². The zero-order chi connectivity index (χ0) is 15.9. The molecular weight excluding hydrogens is 296 g/mol. The molecule has 5 atom stereocenters. The number of anilines is 1. The van der Waals surface area contributed by atoms with E-state index in [-0.39, 0.29) is 0 Å². The van der Waals surface area contributed by atoms with Crippen LogP contribution in [0, 0.1) is 17.8 Å². The summed E-state index contributed by atoms with van der Waals surface area (Å²) in [6, 6.07) is 22.3. The first kappa shape index (κ1) is 14.1. The van der Waals surface area contributed by atoms with Crippen molar-refractivity contribution >= 4 is 11.7 Å². The summed E-state index contributed by atoms with van der Waals surface area (Å²) in [5, 5.41) is 3.32. The van der Waals surface area contributed by atoms with Crippen LogP contribution in [0.4, 0.5) is 5.69 Å². The number of amidine groups is 1. The van der Waals surface area contributed by atoms with E-state index >= 15 is 0 Å². The van der Waals surface area contributed by atoms with E-state index in [0.29, 0.717) is 29.8 Å². The normalized spacial score (nSPS) is 33.5. The fraction of sp³-hybridized carbons (Fsp3) is 0.381. The van der Waals surface area contributed by atoms with Crippen molar-refractivity contribution in [1.82, 2.24) is 0 Å². The van der Waals surface area contributed by atoms with E-state index in [0.717, 1.165) is 18.2 Å². The van der Waals surface area contributed by atoms with E-state index in [1.165, 1.54) is 18.4 Å². The second kappa shape index (κ2) is 5.66. The van der Waals surface area contributed by atoms with Gasteiger partial charge in [-0.15, -0.1) is 0 Å². The standard InChI is InChI=1S/C21H22N2O/c1-3-7-14(8-4-1)17-11-15-12-18(17)19-13-24-21(23-20(15)19)22-16-9-5-2-6-10-16/h1-10,15,17-20H,11-13H2,(H,22,23). The topological polar surface area (TPSA) is 33.6 Å². The highest BCUT2D eigenvalue weighted by Gasteiger charge is 2.54. The number of hydrogen-bond acceptors (Lipinski definition) is 3. The minimum Gasteiger partial charge on any atom is -0.465 e. The summed E-state index contributed by atoms with van der Waals surface area (Å²) in [5.74, 6) is 2.71. The van der Waals surface area contributed by atoms with E-state index in [9.17, 15) is 0 Å². The quantitative estimate of drug-likeness (QED) is 0.896. The Morgan fingerprint density at radius 2 is 1.62 bits per heavy atom. The van der Waals surface area contributed by atoms with Crippen LogP contribution in [0.25, 0.3) is 0 Å². The number of nitrogens with one attached hydrogen (secondary N) is 1. The Balaban J connectivity index is 1.34. The van der Waals surface area contributed by atoms with Crippen molar-refractivity contribution in [3.63, 3.8) is 0 Å². The van der Waals surface area contributed by atoms with Crippen LogP contribution in [0.2, 0.25) is 0 Å². The number of nitrogens with zero attached hydrogens (tertiary/aromatic N) is 1. The van der Waals surface area contributed by atoms with Gasteiger partial charge in [-0.05, 0) is 48.3 Å². The average Bonchev–Trinajstić information content (AvgIpc) is 3.23. The molecule has 2 aromatic rings.